The summed E-state index contributed by atoms with van der Waals surface area (Å²) in [6.45, 7) is 5.38. The Hall–Kier alpha value is -3.45. The first-order valence-corrected chi connectivity index (χ1v) is 10.3. The standard InChI is InChI=1S/C23H22ClN5O2/c1-13-17(14(2)29-23(25-13)18-6-4-5-7-20(18)28-29)9-11-22(31)27-21-10-8-16(12-19(21)24)26-15(3)30/h4-8,10,12H,9,11H2,1-3H3,(H,26,30)(H,27,31). The van der Waals surface area contributed by atoms with E-state index in [4.69, 9.17) is 16.6 Å². The molecule has 7 nitrogen and oxygen atoms in total. The maximum Gasteiger partial charge on any atom is 0.224 e. The summed E-state index contributed by atoms with van der Waals surface area (Å²) in [5, 5.41) is 11.5. The molecular weight excluding hydrogens is 414 g/mol. The van der Waals surface area contributed by atoms with Crippen molar-refractivity contribution in [3.05, 3.63) is 64.4 Å². The number of hydrogen-bond donors (Lipinski definition) is 2. The zero-order valence-corrected chi connectivity index (χ0v) is 18.2. The molecule has 158 valence electrons. The number of nitrogens with zero attached hydrogens (tertiary/aromatic N) is 3. The number of rotatable bonds is 5. The Morgan fingerprint density at radius 2 is 1.87 bits per heavy atom. The number of aryl methyl sites for hydroxylation is 2. The molecule has 4 aromatic rings. The number of halogens is 1. The van der Waals surface area contributed by atoms with Crippen molar-refractivity contribution in [3.63, 3.8) is 0 Å². The Labute approximate surface area is 184 Å². The zero-order valence-electron chi connectivity index (χ0n) is 17.5. The molecule has 0 spiro atoms. The lowest BCUT2D eigenvalue weighted by molar-refractivity contribution is -0.116. The van der Waals surface area contributed by atoms with E-state index in [1.807, 2.05) is 42.6 Å². The van der Waals surface area contributed by atoms with Gasteiger partial charge in [0, 0.05) is 35.8 Å². The van der Waals surface area contributed by atoms with E-state index in [9.17, 15) is 9.59 Å². The molecule has 4 rings (SSSR count). The van der Waals surface area contributed by atoms with Gasteiger partial charge in [-0.05, 0) is 56.2 Å². The van der Waals surface area contributed by atoms with Crippen LogP contribution in [0.1, 0.15) is 30.3 Å². The van der Waals surface area contributed by atoms with E-state index in [0.29, 0.717) is 22.8 Å². The van der Waals surface area contributed by atoms with Crippen molar-refractivity contribution >= 4 is 51.3 Å². The number of nitrogens with one attached hydrogen (secondary N) is 2. The first-order valence-electron chi connectivity index (χ1n) is 9.94. The van der Waals surface area contributed by atoms with Crippen molar-refractivity contribution < 1.29 is 9.59 Å². The van der Waals surface area contributed by atoms with E-state index < -0.39 is 0 Å². The summed E-state index contributed by atoms with van der Waals surface area (Å²) >= 11 is 6.24. The van der Waals surface area contributed by atoms with Crippen LogP contribution in [0.4, 0.5) is 11.4 Å². The second-order valence-corrected chi connectivity index (χ2v) is 7.84. The molecule has 0 aliphatic heterocycles. The Morgan fingerprint density at radius 3 is 2.61 bits per heavy atom. The monoisotopic (exact) mass is 435 g/mol. The number of carbonyl (C=O) groups excluding carboxylic acids is 2. The second-order valence-electron chi connectivity index (χ2n) is 7.44. The first kappa shape index (κ1) is 20.8. The molecule has 0 bridgehead atoms. The van der Waals surface area contributed by atoms with Crippen LogP contribution in [-0.2, 0) is 16.0 Å². The van der Waals surface area contributed by atoms with E-state index in [1.165, 1.54) is 6.92 Å². The molecule has 0 unspecified atom stereocenters. The molecule has 0 aliphatic rings. The molecule has 2 N–H and O–H groups in total. The van der Waals surface area contributed by atoms with Crippen LogP contribution in [0.25, 0.3) is 16.6 Å². The predicted octanol–water partition coefficient (Wildman–Crippen LogP) is 4.68. The molecule has 0 fully saturated rings. The maximum atomic E-state index is 12.5. The predicted molar refractivity (Wildman–Crippen MR) is 123 cm³/mol. The maximum absolute atomic E-state index is 12.5. The van der Waals surface area contributed by atoms with E-state index in [2.05, 4.69) is 15.7 Å². The summed E-state index contributed by atoms with van der Waals surface area (Å²) in [6, 6.07) is 12.9. The smallest absolute Gasteiger partial charge is 0.224 e. The van der Waals surface area contributed by atoms with Crippen molar-refractivity contribution in [1.82, 2.24) is 14.6 Å². The second kappa shape index (κ2) is 8.35. The number of anilines is 2. The number of aromatic nitrogens is 3. The van der Waals surface area contributed by atoms with Gasteiger partial charge in [0.2, 0.25) is 11.8 Å². The van der Waals surface area contributed by atoms with Gasteiger partial charge in [-0.1, -0.05) is 23.7 Å². The number of carbonyl (C=O) groups is 2. The highest BCUT2D eigenvalue weighted by Crippen LogP contribution is 2.26. The van der Waals surface area contributed by atoms with E-state index >= 15 is 0 Å². The third-order valence-electron chi connectivity index (χ3n) is 5.18. The van der Waals surface area contributed by atoms with Gasteiger partial charge in [0.05, 0.1) is 16.2 Å². The van der Waals surface area contributed by atoms with Crippen LogP contribution >= 0.6 is 11.6 Å². The quantitative estimate of drug-likeness (QED) is 0.476. The molecule has 0 atom stereocenters. The average molecular weight is 436 g/mol. The topological polar surface area (TPSA) is 88.4 Å². The Morgan fingerprint density at radius 1 is 1.10 bits per heavy atom. The van der Waals surface area contributed by atoms with Crippen molar-refractivity contribution in [2.24, 2.45) is 0 Å². The number of amides is 2. The first-order chi connectivity index (χ1) is 14.8. The van der Waals surface area contributed by atoms with Crippen LogP contribution in [0, 0.1) is 13.8 Å². The minimum atomic E-state index is -0.186. The lowest BCUT2D eigenvalue weighted by Gasteiger charge is -2.12. The molecule has 2 heterocycles. The van der Waals surface area contributed by atoms with Crippen LogP contribution < -0.4 is 10.6 Å². The molecular formula is C23H22ClN5O2. The van der Waals surface area contributed by atoms with Gasteiger partial charge in [-0.25, -0.2) is 9.50 Å². The van der Waals surface area contributed by atoms with Crippen molar-refractivity contribution in [1.29, 1.82) is 0 Å². The summed E-state index contributed by atoms with van der Waals surface area (Å²) in [5.74, 6) is -0.340. The van der Waals surface area contributed by atoms with Gasteiger partial charge in [-0.3, -0.25) is 9.59 Å². The molecule has 2 amide bonds. The van der Waals surface area contributed by atoms with Crippen molar-refractivity contribution in [3.8, 4) is 0 Å². The number of benzene rings is 2. The van der Waals surface area contributed by atoms with Crippen LogP contribution in [-0.4, -0.2) is 26.4 Å². The Bertz CT molecular complexity index is 1330. The number of hydrogen-bond acceptors (Lipinski definition) is 4. The van der Waals surface area contributed by atoms with Gasteiger partial charge >= 0.3 is 0 Å². The minimum absolute atomic E-state index is 0.154. The summed E-state index contributed by atoms with van der Waals surface area (Å²) in [5.41, 5.74) is 5.66. The van der Waals surface area contributed by atoms with E-state index in [1.54, 1.807) is 18.2 Å². The molecule has 31 heavy (non-hydrogen) atoms. The van der Waals surface area contributed by atoms with Gasteiger partial charge < -0.3 is 10.6 Å². The van der Waals surface area contributed by atoms with Gasteiger partial charge in [0.15, 0.2) is 5.65 Å². The van der Waals surface area contributed by atoms with Gasteiger partial charge in [0.1, 0.15) is 0 Å². The van der Waals surface area contributed by atoms with E-state index in [-0.39, 0.29) is 18.2 Å². The zero-order chi connectivity index (χ0) is 22.1. The Balaban J connectivity index is 1.50. The van der Waals surface area contributed by atoms with Crippen LogP contribution in [0.3, 0.4) is 0 Å². The summed E-state index contributed by atoms with van der Waals surface area (Å²) in [4.78, 5) is 28.5. The highest BCUT2D eigenvalue weighted by atomic mass is 35.5. The van der Waals surface area contributed by atoms with E-state index in [0.717, 1.165) is 33.5 Å². The lowest BCUT2D eigenvalue weighted by Crippen LogP contribution is -2.15. The fourth-order valence-corrected chi connectivity index (χ4v) is 3.91. The fraction of sp³-hybridized carbons (Fsp3) is 0.217. The van der Waals surface area contributed by atoms with Gasteiger partial charge in [0.25, 0.3) is 0 Å². The molecule has 0 radical (unpaired) electrons. The molecule has 0 saturated carbocycles. The Kier molecular flexibility index (Phi) is 5.61. The molecule has 2 aromatic heterocycles. The summed E-state index contributed by atoms with van der Waals surface area (Å²) in [6.07, 6.45) is 0.809. The van der Waals surface area contributed by atoms with Crippen LogP contribution in [0.15, 0.2) is 42.5 Å². The minimum Gasteiger partial charge on any atom is -0.326 e. The summed E-state index contributed by atoms with van der Waals surface area (Å²) in [7, 11) is 0. The van der Waals surface area contributed by atoms with Crippen LogP contribution in [0.2, 0.25) is 5.02 Å². The highest BCUT2D eigenvalue weighted by Gasteiger charge is 2.15. The molecule has 0 aliphatic carbocycles. The summed E-state index contributed by atoms with van der Waals surface area (Å²) < 4.78 is 1.85. The third-order valence-corrected chi connectivity index (χ3v) is 5.50. The molecule has 8 heteroatoms. The highest BCUT2D eigenvalue weighted by molar-refractivity contribution is 6.34. The van der Waals surface area contributed by atoms with Crippen molar-refractivity contribution in [2.75, 3.05) is 10.6 Å². The third kappa shape index (κ3) is 4.22. The van der Waals surface area contributed by atoms with Gasteiger partial charge in [-0.15, -0.1) is 0 Å². The fourth-order valence-electron chi connectivity index (χ4n) is 3.69. The van der Waals surface area contributed by atoms with Crippen molar-refractivity contribution in [2.45, 2.75) is 33.6 Å². The lowest BCUT2D eigenvalue weighted by atomic mass is 10.1. The number of fused-ring (bicyclic) bond motifs is 3. The normalized spacial score (nSPS) is 11.1. The van der Waals surface area contributed by atoms with Crippen LogP contribution in [0.5, 0.6) is 0 Å². The molecule has 2 aromatic carbocycles. The largest absolute Gasteiger partial charge is 0.326 e. The molecule has 0 saturated heterocycles. The van der Waals surface area contributed by atoms with Gasteiger partial charge in [-0.2, -0.15) is 5.10 Å². The SMILES string of the molecule is CC(=O)Nc1ccc(NC(=O)CCc2c(C)nc3c4ccccc4nn3c2C)c(Cl)c1. The average Bonchev–Trinajstić information content (AvgIpc) is 3.08.